The van der Waals surface area contributed by atoms with Crippen molar-refractivity contribution in [3.05, 3.63) is 33.4 Å². The van der Waals surface area contributed by atoms with Gasteiger partial charge in [-0.1, -0.05) is 17.8 Å². The molecule has 0 aliphatic rings. The molecule has 0 radical (unpaired) electrons. The third-order valence-electron chi connectivity index (χ3n) is 3.27. The summed E-state index contributed by atoms with van der Waals surface area (Å²) >= 11 is 3.01. The topological polar surface area (TPSA) is 64.0 Å². The molecule has 2 heterocycles. The molecule has 1 N–H and O–H groups in total. The second-order valence-corrected chi connectivity index (χ2v) is 7.16. The maximum Gasteiger partial charge on any atom is 0.263 e. The molecule has 22 heavy (non-hydrogen) atoms. The summed E-state index contributed by atoms with van der Waals surface area (Å²) in [6.07, 6.45) is 1.70. The summed E-state index contributed by atoms with van der Waals surface area (Å²) in [5, 5.41) is 4.11. The number of thioether (sulfide) groups is 1. The number of hydrogen-bond donors (Lipinski definition) is 1. The molecule has 0 spiro atoms. The number of fused-ring (bicyclic) bond motifs is 1. The van der Waals surface area contributed by atoms with Crippen LogP contribution >= 0.6 is 23.1 Å². The van der Waals surface area contributed by atoms with Crippen molar-refractivity contribution in [1.82, 2.24) is 14.9 Å². The lowest BCUT2D eigenvalue weighted by Crippen LogP contribution is -2.25. The van der Waals surface area contributed by atoms with Gasteiger partial charge in [0.05, 0.1) is 5.39 Å². The quantitative estimate of drug-likeness (QED) is 0.381. The standard InChI is InChI=1S/C15H19N3O2S2/c1-5-7-18-14(20)12-9(2)10(3)22-13(12)17-15(18)21-8-6-16-11(4)19/h5H,1,6-8H2,2-4H3,(H,16,19). The summed E-state index contributed by atoms with van der Waals surface area (Å²) in [6.45, 7) is 10.1. The van der Waals surface area contributed by atoms with Crippen molar-refractivity contribution in [3.8, 4) is 0 Å². The molecule has 0 saturated heterocycles. The van der Waals surface area contributed by atoms with Crippen LogP contribution in [0.3, 0.4) is 0 Å². The molecule has 0 saturated carbocycles. The van der Waals surface area contributed by atoms with Crippen molar-refractivity contribution in [3.63, 3.8) is 0 Å². The number of nitrogens with one attached hydrogen (secondary N) is 1. The molecule has 0 unspecified atom stereocenters. The fraction of sp³-hybridized carbons (Fsp3) is 0.400. The molecule has 0 atom stereocenters. The number of nitrogens with zero attached hydrogens (tertiary/aromatic N) is 2. The van der Waals surface area contributed by atoms with Crippen molar-refractivity contribution in [1.29, 1.82) is 0 Å². The Hall–Kier alpha value is -1.60. The fourth-order valence-electron chi connectivity index (χ4n) is 2.08. The second kappa shape index (κ2) is 7.11. The Bertz CT molecular complexity index is 777. The van der Waals surface area contributed by atoms with E-state index < -0.39 is 0 Å². The molecule has 2 aromatic rings. The Labute approximate surface area is 137 Å². The van der Waals surface area contributed by atoms with E-state index in [2.05, 4.69) is 16.9 Å². The van der Waals surface area contributed by atoms with Crippen LogP contribution in [0.15, 0.2) is 22.6 Å². The summed E-state index contributed by atoms with van der Waals surface area (Å²) < 4.78 is 1.65. The van der Waals surface area contributed by atoms with Gasteiger partial charge >= 0.3 is 0 Å². The van der Waals surface area contributed by atoms with E-state index >= 15 is 0 Å². The molecular weight excluding hydrogens is 318 g/mol. The molecule has 2 rings (SSSR count). The highest BCUT2D eigenvalue weighted by Gasteiger charge is 2.16. The molecule has 118 valence electrons. The monoisotopic (exact) mass is 337 g/mol. The Morgan fingerprint density at radius 1 is 1.50 bits per heavy atom. The van der Waals surface area contributed by atoms with Crippen LogP contribution < -0.4 is 10.9 Å². The number of carbonyl (C=O) groups is 1. The van der Waals surface area contributed by atoms with Gasteiger partial charge in [0, 0.05) is 30.6 Å². The number of aromatic nitrogens is 2. The molecule has 0 aromatic carbocycles. The zero-order chi connectivity index (χ0) is 16.3. The third kappa shape index (κ3) is 3.41. The van der Waals surface area contributed by atoms with Gasteiger partial charge < -0.3 is 5.32 Å². The highest BCUT2D eigenvalue weighted by molar-refractivity contribution is 7.99. The van der Waals surface area contributed by atoms with Crippen LogP contribution in [0.5, 0.6) is 0 Å². The van der Waals surface area contributed by atoms with Crippen molar-refractivity contribution >= 4 is 39.2 Å². The van der Waals surface area contributed by atoms with Gasteiger partial charge in [-0.05, 0) is 19.4 Å². The summed E-state index contributed by atoms with van der Waals surface area (Å²) in [5.74, 6) is 0.606. The first-order valence-electron chi connectivity index (χ1n) is 6.94. The average molecular weight is 337 g/mol. The van der Waals surface area contributed by atoms with Gasteiger partial charge in [-0.15, -0.1) is 17.9 Å². The molecule has 2 aromatic heterocycles. The van der Waals surface area contributed by atoms with Crippen molar-refractivity contribution in [2.45, 2.75) is 32.5 Å². The number of rotatable bonds is 6. The van der Waals surface area contributed by atoms with Crippen molar-refractivity contribution in [2.75, 3.05) is 12.3 Å². The largest absolute Gasteiger partial charge is 0.356 e. The molecule has 0 bridgehead atoms. The van der Waals surface area contributed by atoms with E-state index in [1.807, 2.05) is 13.8 Å². The number of allylic oxidation sites excluding steroid dienone is 1. The van der Waals surface area contributed by atoms with Gasteiger partial charge in [0.15, 0.2) is 5.16 Å². The molecule has 0 aliphatic carbocycles. The number of carbonyl (C=O) groups excluding carboxylic acids is 1. The SMILES string of the molecule is C=CCn1c(SCCNC(C)=O)nc2sc(C)c(C)c2c1=O. The smallest absolute Gasteiger partial charge is 0.263 e. The number of thiophene rings is 1. The van der Waals surface area contributed by atoms with Crippen LogP contribution in [0.1, 0.15) is 17.4 Å². The first-order valence-corrected chi connectivity index (χ1v) is 8.74. The fourth-order valence-corrected chi connectivity index (χ4v) is 4.01. The predicted molar refractivity (Wildman–Crippen MR) is 93.0 cm³/mol. The van der Waals surface area contributed by atoms with E-state index in [1.165, 1.54) is 18.7 Å². The molecule has 1 amide bonds. The van der Waals surface area contributed by atoms with Gasteiger partial charge in [-0.2, -0.15) is 0 Å². The minimum atomic E-state index is -0.0583. The van der Waals surface area contributed by atoms with Crippen LogP contribution in [-0.2, 0) is 11.3 Å². The van der Waals surface area contributed by atoms with Crippen LogP contribution in [0.2, 0.25) is 0 Å². The van der Waals surface area contributed by atoms with Crippen LogP contribution in [0.4, 0.5) is 0 Å². The normalized spacial score (nSPS) is 10.9. The summed E-state index contributed by atoms with van der Waals surface area (Å²) in [7, 11) is 0. The maximum atomic E-state index is 12.7. The zero-order valence-corrected chi connectivity index (χ0v) is 14.6. The van der Waals surface area contributed by atoms with E-state index in [-0.39, 0.29) is 11.5 Å². The lowest BCUT2D eigenvalue weighted by atomic mass is 10.2. The summed E-state index contributed by atoms with van der Waals surface area (Å²) in [4.78, 5) is 30.1. The van der Waals surface area contributed by atoms with Crippen LogP contribution in [0.25, 0.3) is 10.2 Å². The van der Waals surface area contributed by atoms with Crippen molar-refractivity contribution < 1.29 is 4.79 Å². The minimum Gasteiger partial charge on any atom is -0.356 e. The van der Waals surface area contributed by atoms with Gasteiger partial charge in [0.1, 0.15) is 4.83 Å². The highest BCUT2D eigenvalue weighted by atomic mass is 32.2. The third-order valence-corrected chi connectivity index (χ3v) is 5.35. The Kier molecular flexibility index (Phi) is 5.42. The molecular formula is C15H19N3O2S2. The lowest BCUT2D eigenvalue weighted by Gasteiger charge is -2.10. The zero-order valence-electron chi connectivity index (χ0n) is 12.9. The van der Waals surface area contributed by atoms with E-state index in [0.717, 1.165) is 15.3 Å². The minimum absolute atomic E-state index is 0.0197. The first kappa shape index (κ1) is 16.8. The second-order valence-electron chi connectivity index (χ2n) is 4.89. The Morgan fingerprint density at radius 3 is 2.86 bits per heavy atom. The number of amides is 1. The van der Waals surface area contributed by atoms with Gasteiger partial charge in [0.2, 0.25) is 5.91 Å². The number of hydrogen-bond acceptors (Lipinski definition) is 5. The molecule has 5 nitrogen and oxygen atoms in total. The predicted octanol–water partition coefficient (Wildman–Crippen LogP) is 2.49. The Morgan fingerprint density at radius 2 is 2.23 bits per heavy atom. The van der Waals surface area contributed by atoms with Crippen molar-refractivity contribution in [2.24, 2.45) is 0 Å². The number of aryl methyl sites for hydroxylation is 2. The van der Waals surface area contributed by atoms with E-state index in [4.69, 9.17) is 0 Å². The average Bonchev–Trinajstić information content (AvgIpc) is 2.74. The lowest BCUT2D eigenvalue weighted by molar-refractivity contribution is -0.118. The highest BCUT2D eigenvalue weighted by Crippen LogP contribution is 2.28. The first-order chi connectivity index (χ1) is 10.5. The summed E-state index contributed by atoms with van der Waals surface area (Å²) in [5.41, 5.74) is 0.985. The van der Waals surface area contributed by atoms with Gasteiger partial charge in [-0.3, -0.25) is 14.2 Å². The van der Waals surface area contributed by atoms with Crippen LogP contribution in [0, 0.1) is 13.8 Å². The Balaban J connectivity index is 2.39. The van der Waals surface area contributed by atoms with Gasteiger partial charge in [0.25, 0.3) is 5.56 Å². The van der Waals surface area contributed by atoms with E-state index in [0.29, 0.717) is 29.4 Å². The van der Waals surface area contributed by atoms with E-state index in [1.54, 1.807) is 22.0 Å². The maximum absolute atomic E-state index is 12.7. The van der Waals surface area contributed by atoms with E-state index in [9.17, 15) is 9.59 Å². The molecule has 7 heteroatoms. The summed E-state index contributed by atoms with van der Waals surface area (Å²) in [6, 6.07) is 0. The van der Waals surface area contributed by atoms with Gasteiger partial charge in [-0.25, -0.2) is 4.98 Å². The molecule has 0 fully saturated rings. The molecule has 0 aliphatic heterocycles. The van der Waals surface area contributed by atoms with Crippen LogP contribution in [-0.4, -0.2) is 27.8 Å².